The second-order valence-electron chi connectivity index (χ2n) is 13.9. The highest BCUT2D eigenvalue weighted by Gasteiger charge is 2.46. The van der Waals surface area contributed by atoms with Gasteiger partial charge in [-0.2, -0.15) is 0 Å². The van der Waals surface area contributed by atoms with E-state index < -0.39 is 21.7 Å². The number of fused-ring (bicyclic) bond motifs is 1. The molecule has 2 fully saturated rings. The van der Waals surface area contributed by atoms with Crippen LogP contribution in [0.1, 0.15) is 60.8 Å². The topological polar surface area (TPSA) is 154 Å². The second kappa shape index (κ2) is 13.6. The Hall–Kier alpha value is -4.86. The van der Waals surface area contributed by atoms with Crippen molar-refractivity contribution in [3.63, 3.8) is 0 Å². The molecule has 52 heavy (non-hydrogen) atoms. The van der Waals surface area contributed by atoms with Gasteiger partial charge in [-0.15, -0.1) is 0 Å². The van der Waals surface area contributed by atoms with E-state index >= 15 is 0 Å². The average molecular weight is 744 g/mol. The normalized spacial score (nSPS) is 17.7. The number of piperazine rings is 1. The first kappa shape index (κ1) is 35.5. The van der Waals surface area contributed by atoms with Gasteiger partial charge in [0.25, 0.3) is 11.8 Å². The molecule has 3 amide bonds. The van der Waals surface area contributed by atoms with Crippen molar-refractivity contribution in [3.05, 3.63) is 83.0 Å². The molecule has 4 heterocycles. The monoisotopic (exact) mass is 743 g/mol. The summed E-state index contributed by atoms with van der Waals surface area (Å²) in [6.45, 7) is 8.22. The Kier molecular flexibility index (Phi) is 9.30. The Labute approximate surface area is 307 Å². The fourth-order valence-electron chi connectivity index (χ4n) is 6.89. The summed E-state index contributed by atoms with van der Waals surface area (Å²) in [6.07, 6.45) is 1.58. The van der Waals surface area contributed by atoms with Crippen LogP contribution in [0.15, 0.2) is 65.6 Å². The van der Waals surface area contributed by atoms with Crippen molar-refractivity contribution < 1.29 is 27.5 Å². The van der Waals surface area contributed by atoms with Crippen LogP contribution in [0.3, 0.4) is 0 Å². The fraction of sp³-hybridized carbons (Fsp3) is 0.378. The van der Waals surface area contributed by atoms with E-state index in [1.165, 1.54) is 23.3 Å². The van der Waals surface area contributed by atoms with Crippen LogP contribution in [-0.2, 0) is 32.7 Å². The van der Waals surface area contributed by atoms with E-state index in [0.717, 1.165) is 23.3 Å². The molecule has 2 aromatic carbocycles. The number of amides is 3. The van der Waals surface area contributed by atoms with Crippen LogP contribution in [0.5, 0.6) is 0 Å². The van der Waals surface area contributed by atoms with Crippen LogP contribution in [0.4, 0.5) is 21.6 Å². The minimum Gasteiger partial charge on any atom is -0.445 e. The van der Waals surface area contributed by atoms with Crippen molar-refractivity contribution in [1.29, 1.82) is 0 Å². The van der Waals surface area contributed by atoms with Crippen LogP contribution in [0, 0.1) is 12.8 Å². The van der Waals surface area contributed by atoms with Crippen LogP contribution in [0.2, 0.25) is 0 Å². The minimum absolute atomic E-state index is 0.0318. The zero-order valence-corrected chi connectivity index (χ0v) is 31.3. The maximum Gasteiger partial charge on any atom is 0.411 e. The number of anilines is 3. The number of hydrogen-bond acceptors (Lipinski definition) is 10. The Bertz CT molecular complexity index is 2170. The molecule has 272 valence electrons. The molecule has 0 unspecified atom stereocenters. The predicted molar refractivity (Wildman–Crippen MR) is 198 cm³/mol. The highest BCUT2D eigenvalue weighted by atomic mass is 32.2. The summed E-state index contributed by atoms with van der Waals surface area (Å²) >= 11 is 1.34. The summed E-state index contributed by atoms with van der Waals surface area (Å²) in [5, 5.41) is 3.77. The van der Waals surface area contributed by atoms with Crippen molar-refractivity contribution in [2.75, 3.05) is 30.4 Å². The molecule has 2 aliphatic heterocycles. The van der Waals surface area contributed by atoms with Gasteiger partial charge in [-0.25, -0.2) is 27.9 Å². The summed E-state index contributed by atoms with van der Waals surface area (Å²) in [5.74, 6) is 0.768. The van der Waals surface area contributed by atoms with Crippen LogP contribution in [0.25, 0.3) is 10.4 Å². The van der Waals surface area contributed by atoms with Crippen LogP contribution >= 0.6 is 11.3 Å². The maximum absolute atomic E-state index is 13.8. The lowest BCUT2D eigenvalue weighted by Gasteiger charge is -2.44. The van der Waals surface area contributed by atoms with E-state index in [2.05, 4.69) is 10.0 Å². The van der Waals surface area contributed by atoms with E-state index in [1.807, 2.05) is 50.2 Å². The van der Waals surface area contributed by atoms with Gasteiger partial charge in [-0.1, -0.05) is 47.7 Å². The second-order valence-corrected chi connectivity index (χ2v) is 16.7. The van der Waals surface area contributed by atoms with E-state index in [4.69, 9.17) is 14.7 Å². The van der Waals surface area contributed by atoms with Gasteiger partial charge in [-0.3, -0.25) is 19.4 Å². The lowest BCUT2D eigenvalue weighted by molar-refractivity contribution is -0.130. The van der Waals surface area contributed by atoms with Gasteiger partial charge in [-0.05, 0) is 94.5 Å². The Morgan fingerprint density at radius 2 is 1.81 bits per heavy atom. The Balaban J connectivity index is 1.09. The number of rotatable bonds is 10. The number of carbonyl (C=O) groups excluding carboxylic acids is 3. The molecule has 1 aliphatic carbocycles. The molecular weight excluding hydrogens is 703 g/mol. The summed E-state index contributed by atoms with van der Waals surface area (Å²) in [6, 6.07) is 18.1. The molecule has 0 radical (unpaired) electrons. The first-order valence-electron chi connectivity index (χ1n) is 17.2. The number of sulfonamides is 1. The largest absolute Gasteiger partial charge is 0.445 e. The van der Waals surface area contributed by atoms with Gasteiger partial charge in [0, 0.05) is 25.7 Å². The Morgan fingerprint density at radius 3 is 2.52 bits per heavy atom. The standard InChI is InChI=1S/C37H41N7O6S2/c1-22-32(26-18-27-20-43(23(2)25-14-15-25)33(45)31(27)28(19-26)52(48,49)38-5)51-35(39-22)41-29-12-9-13-30(40-29)42-16-17-44(37(3,4)34(42)46)36(47)50-21-24-10-7-6-8-11-24/h6-13,18-19,23,25,38H,14-17,20-21H2,1-5H3,(H,39,40,41)/t23-/m0/s1. The lowest BCUT2D eigenvalue weighted by atomic mass is 9.98. The molecule has 0 spiro atoms. The third-order valence-electron chi connectivity index (χ3n) is 10.1. The molecule has 7 rings (SSSR count). The zero-order chi connectivity index (χ0) is 36.9. The smallest absolute Gasteiger partial charge is 0.411 e. The van der Waals surface area contributed by atoms with Gasteiger partial charge in [0.2, 0.25) is 10.0 Å². The number of aromatic nitrogens is 2. The number of carbonyl (C=O) groups is 3. The summed E-state index contributed by atoms with van der Waals surface area (Å²) in [7, 11) is -2.60. The number of ether oxygens (including phenoxy) is 1. The number of thiazole rings is 1. The van der Waals surface area contributed by atoms with Crippen molar-refractivity contribution in [2.45, 2.75) is 70.2 Å². The highest BCUT2D eigenvalue weighted by Crippen LogP contribution is 2.42. The number of nitrogens with one attached hydrogen (secondary N) is 2. The maximum atomic E-state index is 13.8. The molecule has 2 N–H and O–H groups in total. The zero-order valence-electron chi connectivity index (χ0n) is 29.7. The summed E-state index contributed by atoms with van der Waals surface area (Å²) in [5.41, 5.74) is 1.92. The van der Waals surface area contributed by atoms with Gasteiger partial charge < -0.3 is 15.0 Å². The number of nitrogens with zero attached hydrogens (tertiary/aromatic N) is 5. The van der Waals surface area contributed by atoms with E-state index in [-0.39, 0.29) is 48.0 Å². The van der Waals surface area contributed by atoms with Gasteiger partial charge in [0.05, 0.1) is 21.0 Å². The quantitative estimate of drug-likeness (QED) is 0.209. The number of aryl methyl sites for hydroxylation is 1. The number of pyridine rings is 1. The van der Waals surface area contributed by atoms with Crippen molar-refractivity contribution in [2.24, 2.45) is 5.92 Å². The SMILES string of the molecule is CNS(=O)(=O)c1cc(-c2sc(Nc3cccc(N4CCN(C(=O)OCc5ccccc5)C(C)(C)C4=O)n3)nc2C)cc2c1C(=O)N([C@@H](C)C1CC1)C2. The molecule has 1 saturated heterocycles. The number of hydrogen-bond donors (Lipinski definition) is 2. The van der Waals surface area contributed by atoms with Gasteiger partial charge in [0.1, 0.15) is 23.8 Å². The predicted octanol–water partition coefficient (Wildman–Crippen LogP) is 5.68. The summed E-state index contributed by atoms with van der Waals surface area (Å²) in [4.78, 5) is 55.3. The van der Waals surface area contributed by atoms with E-state index in [0.29, 0.717) is 46.1 Å². The first-order valence-corrected chi connectivity index (χ1v) is 19.5. The molecule has 4 aromatic rings. The average Bonchev–Trinajstić information content (AvgIpc) is 3.84. The van der Waals surface area contributed by atoms with Gasteiger partial charge >= 0.3 is 6.09 Å². The first-order chi connectivity index (χ1) is 24.8. The molecular formula is C37H41N7O6S2. The van der Waals surface area contributed by atoms with Crippen LogP contribution in [-0.4, -0.2) is 77.8 Å². The van der Waals surface area contributed by atoms with Crippen molar-refractivity contribution in [3.8, 4) is 10.4 Å². The molecule has 0 bridgehead atoms. The molecule has 1 atom stereocenters. The molecule has 15 heteroatoms. The van der Waals surface area contributed by atoms with Gasteiger partial charge in [0.15, 0.2) is 5.13 Å². The van der Waals surface area contributed by atoms with E-state index in [9.17, 15) is 22.8 Å². The van der Waals surface area contributed by atoms with Crippen molar-refractivity contribution in [1.82, 2.24) is 24.5 Å². The van der Waals surface area contributed by atoms with Crippen LogP contribution < -0.4 is 14.9 Å². The Morgan fingerprint density at radius 1 is 1.06 bits per heavy atom. The lowest BCUT2D eigenvalue weighted by Crippen LogP contribution is -2.65. The summed E-state index contributed by atoms with van der Waals surface area (Å²) < 4.78 is 34.4. The van der Waals surface area contributed by atoms with E-state index in [1.54, 1.807) is 47.9 Å². The number of benzene rings is 2. The molecule has 3 aliphatic rings. The minimum atomic E-state index is -3.95. The van der Waals surface area contributed by atoms with Crippen molar-refractivity contribution >= 4 is 56.0 Å². The third kappa shape index (κ3) is 6.63. The molecule has 2 aromatic heterocycles. The molecule has 1 saturated carbocycles. The third-order valence-corrected chi connectivity index (χ3v) is 12.6. The fourth-order valence-corrected chi connectivity index (χ4v) is 8.84. The molecule has 13 nitrogen and oxygen atoms in total. The highest BCUT2D eigenvalue weighted by molar-refractivity contribution is 7.89.